The number of thiophene rings is 1. The number of carbonyl (C=O) groups excluding carboxylic acids is 1. The van der Waals surface area contributed by atoms with Crippen molar-refractivity contribution in [2.24, 2.45) is 0 Å². The second kappa shape index (κ2) is 8.92. The summed E-state index contributed by atoms with van der Waals surface area (Å²) in [7, 11) is 0. The first-order chi connectivity index (χ1) is 13.7. The minimum absolute atomic E-state index is 0.0323. The largest absolute Gasteiger partial charge is 0.342 e. The van der Waals surface area contributed by atoms with E-state index in [0.29, 0.717) is 28.4 Å². The highest BCUT2D eigenvalue weighted by Crippen LogP contribution is 2.20. The smallest absolute Gasteiger partial charge is 0.262 e. The summed E-state index contributed by atoms with van der Waals surface area (Å²) in [4.78, 5) is 33.5. The highest BCUT2D eigenvalue weighted by molar-refractivity contribution is 7.99. The standard InChI is InChI=1S/C21H23N3O2S2/c25-19(23-11-4-1-5-12-23)15-28-21-22-18-9-3-2-8-17(18)20(26)24(21)13-10-16-7-6-14-27-16/h2-3,6-9,14H,1,4-5,10-13,15H2. The Morgan fingerprint density at radius 3 is 2.71 bits per heavy atom. The van der Waals surface area contributed by atoms with Gasteiger partial charge in [0.05, 0.1) is 16.7 Å². The van der Waals surface area contributed by atoms with E-state index in [2.05, 4.69) is 6.07 Å². The van der Waals surface area contributed by atoms with Gasteiger partial charge in [-0.3, -0.25) is 14.2 Å². The molecule has 0 unspecified atom stereocenters. The van der Waals surface area contributed by atoms with Crippen molar-refractivity contribution in [3.05, 3.63) is 57.0 Å². The number of nitrogens with zero attached hydrogens (tertiary/aromatic N) is 3. The molecule has 2 aromatic heterocycles. The molecule has 3 aromatic rings. The molecular formula is C21H23N3O2S2. The summed E-state index contributed by atoms with van der Waals surface area (Å²) in [5.41, 5.74) is 0.655. The Bertz CT molecular complexity index is 1010. The van der Waals surface area contributed by atoms with E-state index in [1.165, 1.54) is 23.1 Å². The third kappa shape index (κ3) is 4.31. The Morgan fingerprint density at radius 2 is 1.93 bits per heavy atom. The molecule has 1 saturated heterocycles. The number of hydrogen-bond donors (Lipinski definition) is 0. The second-order valence-electron chi connectivity index (χ2n) is 6.93. The van der Waals surface area contributed by atoms with Gasteiger partial charge in [0, 0.05) is 24.5 Å². The fraction of sp³-hybridized carbons (Fsp3) is 0.381. The van der Waals surface area contributed by atoms with Crippen molar-refractivity contribution in [3.63, 3.8) is 0 Å². The summed E-state index contributed by atoms with van der Waals surface area (Å²) >= 11 is 3.07. The van der Waals surface area contributed by atoms with Gasteiger partial charge in [-0.25, -0.2) is 4.98 Å². The average molecular weight is 414 g/mol. The molecule has 3 heterocycles. The lowest BCUT2D eigenvalue weighted by atomic mass is 10.1. The van der Waals surface area contributed by atoms with Crippen LogP contribution in [0.1, 0.15) is 24.1 Å². The first kappa shape index (κ1) is 19.2. The van der Waals surface area contributed by atoms with Crippen LogP contribution in [0.3, 0.4) is 0 Å². The quantitative estimate of drug-likeness (QED) is 0.456. The summed E-state index contributed by atoms with van der Waals surface area (Å²) in [6.45, 7) is 2.25. The molecule has 0 aliphatic carbocycles. The number of benzene rings is 1. The molecule has 0 atom stereocenters. The number of amides is 1. The van der Waals surface area contributed by atoms with E-state index in [4.69, 9.17) is 4.98 Å². The van der Waals surface area contributed by atoms with Crippen LogP contribution in [0.5, 0.6) is 0 Å². The lowest BCUT2D eigenvalue weighted by Crippen LogP contribution is -2.37. The normalized spacial score (nSPS) is 14.5. The first-order valence-corrected chi connectivity index (χ1v) is 11.5. The fourth-order valence-electron chi connectivity index (χ4n) is 3.49. The number of piperidine rings is 1. The number of hydrogen-bond acceptors (Lipinski definition) is 5. The van der Waals surface area contributed by atoms with Crippen molar-refractivity contribution >= 4 is 39.9 Å². The van der Waals surface area contributed by atoms with Gasteiger partial charge >= 0.3 is 0 Å². The van der Waals surface area contributed by atoms with Crippen LogP contribution in [-0.2, 0) is 17.8 Å². The molecule has 4 rings (SSSR count). The fourth-order valence-corrected chi connectivity index (χ4v) is 5.12. The Hall–Kier alpha value is -2.12. The molecule has 0 spiro atoms. The van der Waals surface area contributed by atoms with Gasteiger partial charge in [-0.2, -0.15) is 0 Å². The van der Waals surface area contributed by atoms with Crippen molar-refractivity contribution in [2.75, 3.05) is 18.8 Å². The van der Waals surface area contributed by atoms with E-state index >= 15 is 0 Å². The molecule has 146 valence electrons. The van der Waals surface area contributed by atoms with Crippen LogP contribution in [-0.4, -0.2) is 39.2 Å². The molecule has 1 fully saturated rings. The monoisotopic (exact) mass is 413 g/mol. The number of rotatable bonds is 6. The van der Waals surface area contributed by atoms with Crippen molar-refractivity contribution in [1.29, 1.82) is 0 Å². The van der Waals surface area contributed by atoms with Crippen LogP contribution in [0, 0.1) is 0 Å². The van der Waals surface area contributed by atoms with Gasteiger partial charge in [0.1, 0.15) is 0 Å². The van der Waals surface area contributed by atoms with Gasteiger partial charge in [-0.1, -0.05) is 30.0 Å². The van der Waals surface area contributed by atoms with Gasteiger partial charge in [0.25, 0.3) is 5.56 Å². The van der Waals surface area contributed by atoms with Crippen LogP contribution in [0.4, 0.5) is 0 Å². The summed E-state index contributed by atoms with van der Waals surface area (Å²) < 4.78 is 1.73. The SMILES string of the molecule is O=C(CSc1nc2ccccc2c(=O)n1CCc1cccs1)N1CCCCC1. The van der Waals surface area contributed by atoms with E-state index in [-0.39, 0.29) is 11.5 Å². The molecule has 5 nitrogen and oxygen atoms in total. The Morgan fingerprint density at radius 1 is 1.11 bits per heavy atom. The lowest BCUT2D eigenvalue weighted by Gasteiger charge is -2.26. The minimum Gasteiger partial charge on any atom is -0.342 e. The Labute approximate surface area is 172 Å². The lowest BCUT2D eigenvalue weighted by molar-refractivity contribution is -0.129. The second-order valence-corrected chi connectivity index (χ2v) is 8.90. The van der Waals surface area contributed by atoms with Crippen LogP contribution in [0.2, 0.25) is 0 Å². The number of aryl methyl sites for hydroxylation is 1. The maximum absolute atomic E-state index is 13.1. The van der Waals surface area contributed by atoms with Gasteiger partial charge in [-0.05, 0) is 49.3 Å². The van der Waals surface area contributed by atoms with Gasteiger partial charge < -0.3 is 4.90 Å². The molecule has 28 heavy (non-hydrogen) atoms. The number of thioether (sulfide) groups is 1. The predicted octanol–water partition coefficient (Wildman–Crippen LogP) is 3.81. The molecule has 7 heteroatoms. The van der Waals surface area contributed by atoms with E-state index < -0.39 is 0 Å². The summed E-state index contributed by atoms with van der Waals surface area (Å²) in [6, 6.07) is 11.5. The van der Waals surface area contributed by atoms with Crippen LogP contribution in [0.15, 0.2) is 51.7 Å². The average Bonchev–Trinajstić information content (AvgIpc) is 3.26. The first-order valence-electron chi connectivity index (χ1n) is 9.65. The molecule has 0 bridgehead atoms. The zero-order valence-corrected chi connectivity index (χ0v) is 17.3. The highest BCUT2D eigenvalue weighted by atomic mass is 32.2. The third-order valence-electron chi connectivity index (χ3n) is 5.02. The number of carbonyl (C=O) groups is 1. The number of para-hydroxylation sites is 1. The van der Waals surface area contributed by atoms with Crippen molar-refractivity contribution in [1.82, 2.24) is 14.5 Å². The summed E-state index contributed by atoms with van der Waals surface area (Å²) in [5.74, 6) is 0.459. The van der Waals surface area contributed by atoms with Crippen molar-refractivity contribution in [2.45, 2.75) is 37.4 Å². The predicted molar refractivity (Wildman–Crippen MR) is 115 cm³/mol. The molecule has 1 aromatic carbocycles. The molecule has 1 aliphatic rings. The number of fused-ring (bicyclic) bond motifs is 1. The topological polar surface area (TPSA) is 55.2 Å². The zero-order chi connectivity index (χ0) is 19.3. The highest BCUT2D eigenvalue weighted by Gasteiger charge is 2.18. The maximum atomic E-state index is 13.1. The van der Waals surface area contributed by atoms with E-state index in [1.54, 1.807) is 15.9 Å². The van der Waals surface area contributed by atoms with Crippen molar-refractivity contribution < 1.29 is 4.79 Å². The minimum atomic E-state index is -0.0323. The van der Waals surface area contributed by atoms with Crippen LogP contribution < -0.4 is 5.56 Å². The van der Waals surface area contributed by atoms with Crippen LogP contribution >= 0.6 is 23.1 Å². The molecule has 0 radical (unpaired) electrons. The van der Waals surface area contributed by atoms with Gasteiger partial charge in [-0.15, -0.1) is 11.3 Å². The van der Waals surface area contributed by atoms with Crippen LogP contribution in [0.25, 0.3) is 10.9 Å². The molecule has 1 aliphatic heterocycles. The van der Waals surface area contributed by atoms with Gasteiger partial charge in [0.2, 0.25) is 5.91 Å². The number of likely N-dealkylation sites (tertiary alicyclic amines) is 1. The Kier molecular flexibility index (Phi) is 6.12. The molecule has 0 saturated carbocycles. The molecule has 1 amide bonds. The summed E-state index contributed by atoms with van der Waals surface area (Å²) in [5, 5.41) is 3.30. The van der Waals surface area contributed by atoms with Gasteiger partial charge in [0.15, 0.2) is 5.16 Å². The van der Waals surface area contributed by atoms with Crippen molar-refractivity contribution in [3.8, 4) is 0 Å². The van der Waals surface area contributed by atoms with E-state index in [9.17, 15) is 9.59 Å². The zero-order valence-electron chi connectivity index (χ0n) is 15.7. The maximum Gasteiger partial charge on any atom is 0.262 e. The number of aromatic nitrogens is 2. The summed E-state index contributed by atoms with van der Waals surface area (Å²) in [6.07, 6.45) is 4.14. The molecule has 0 N–H and O–H groups in total. The van der Waals surface area contributed by atoms with E-state index in [0.717, 1.165) is 32.4 Å². The third-order valence-corrected chi connectivity index (χ3v) is 6.92. The van der Waals surface area contributed by atoms with E-state index in [1.807, 2.05) is 40.6 Å². The molecular weight excluding hydrogens is 390 g/mol. The Balaban J connectivity index is 1.58.